The maximum atomic E-state index is 11.3. The van der Waals surface area contributed by atoms with E-state index >= 15 is 0 Å². The number of nitrogens with two attached hydrogens (primary N) is 1. The summed E-state index contributed by atoms with van der Waals surface area (Å²) in [5, 5.41) is 4.07. The Morgan fingerprint density at radius 2 is 2.00 bits per heavy atom. The summed E-state index contributed by atoms with van der Waals surface area (Å²) in [5.41, 5.74) is 3.73. The summed E-state index contributed by atoms with van der Waals surface area (Å²) < 4.78 is 7.19. The van der Waals surface area contributed by atoms with E-state index in [0.717, 1.165) is 12.2 Å². The number of ether oxygens (including phenoxy) is 1. The van der Waals surface area contributed by atoms with Crippen LogP contribution in [0.1, 0.15) is 43.2 Å². The maximum absolute atomic E-state index is 11.3. The SMILES string of the molecule is CCC(C)(C)c1ccc(OCn2ccc(C(=O)NN)n2)cc1. The lowest BCUT2D eigenvalue weighted by Gasteiger charge is -2.23. The molecule has 0 aliphatic rings. The van der Waals surface area contributed by atoms with Crippen molar-refractivity contribution in [1.29, 1.82) is 0 Å². The number of nitrogens with one attached hydrogen (secondary N) is 1. The standard InChI is InChI=1S/C16H22N4O2/c1-4-16(2,3)12-5-7-13(8-6-12)22-11-20-10-9-14(19-20)15(21)18-17/h5-10H,4,11,17H2,1-3H3,(H,18,21). The van der Waals surface area contributed by atoms with Gasteiger partial charge in [0.1, 0.15) is 5.75 Å². The van der Waals surface area contributed by atoms with Crippen molar-refractivity contribution in [3.63, 3.8) is 0 Å². The maximum Gasteiger partial charge on any atom is 0.285 e. The molecule has 6 heteroatoms. The topological polar surface area (TPSA) is 82.2 Å². The van der Waals surface area contributed by atoms with Gasteiger partial charge >= 0.3 is 0 Å². The number of carbonyl (C=O) groups is 1. The number of benzene rings is 1. The van der Waals surface area contributed by atoms with Crippen molar-refractivity contribution in [2.24, 2.45) is 5.84 Å². The number of aromatic nitrogens is 2. The Hall–Kier alpha value is -2.34. The summed E-state index contributed by atoms with van der Waals surface area (Å²) in [6.07, 6.45) is 2.74. The second kappa shape index (κ2) is 6.62. The van der Waals surface area contributed by atoms with E-state index in [1.807, 2.05) is 17.6 Å². The van der Waals surface area contributed by atoms with Crippen molar-refractivity contribution < 1.29 is 9.53 Å². The van der Waals surface area contributed by atoms with Crippen LogP contribution < -0.4 is 16.0 Å². The first-order valence-electron chi connectivity index (χ1n) is 7.24. The van der Waals surface area contributed by atoms with Gasteiger partial charge in [0, 0.05) is 6.20 Å². The van der Waals surface area contributed by atoms with Gasteiger partial charge in [0.15, 0.2) is 12.4 Å². The molecule has 2 rings (SSSR count). The fraction of sp³-hybridized carbons (Fsp3) is 0.375. The highest BCUT2D eigenvalue weighted by Crippen LogP contribution is 2.28. The van der Waals surface area contributed by atoms with E-state index in [4.69, 9.17) is 10.6 Å². The van der Waals surface area contributed by atoms with Crippen LogP contribution >= 0.6 is 0 Å². The predicted molar refractivity (Wildman–Crippen MR) is 84.3 cm³/mol. The van der Waals surface area contributed by atoms with Gasteiger partial charge < -0.3 is 4.74 Å². The minimum absolute atomic E-state index is 0.158. The van der Waals surface area contributed by atoms with Crippen molar-refractivity contribution in [3.05, 3.63) is 47.8 Å². The lowest BCUT2D eigenvalue weighted by atomic mass is 9.82. The van der Waals surface area contributed by atoms with Gasteiger partial charge in [-0.05, 0) is 35.6 Å². The number of rotatable bonds is 6. The fourth-order valence-electron chi connectivity index (χ4n) is 1.98. The smallest absolute Gasteiger partial charge is 0.285 e. The molecule has 3 N–H and O–H groups in total. The van der Waals surface area contributed by atoms with Crippen molar-refractivity contribution in [3.8, 4) is 5.75 Å². The van der Waals surface area contributed by atoms with Crippen LogP contribution in [0.25, 0.3) is 0 Å². The van der Waals surface area contributed by atoms with Crippen LogP contribution in [0.4, 0.5) is 0 Å². The zero-order valence-electron chi connectivity index (χ0n) is 13.2. The zero-order chi connectivity index (χ0) is 16.2. The van der Waals surface area contributed by atoms with Gasteiger partial charge in [-0.2, -0.15) is 5.10 Å². The summed E-state index contributed by atoms with van der Waals surface area (Å²) in [5.74, 6) is 5.39. The number of nitrogen functional groups attached to an aromatic ring is 1. The first-order chi connectivity index (χ1) is 10.5. The third kappa shape index (κ3) is 3.65. The van der Waals surface area contributed by atoms with Crippen LogP contribution in [-0.2, 0) is 12.1 Å². The minimum Gasteiger partial charge on any atom is -0.471 e. The normalized spacial score (nSPS) is 11.3. The second-order valence-corrected chi connectivity index (χ2v) is 5.75. The van der Waals surface area contributed by atoms with Crippen LogP contribution in [-0.4, -0.2) is 15.7 Å². The van der Waals surface area contributed by atoms with E-state index < -0.39 is 5.91 Å². The van der Waals surface area contributed by atoms with Crippen molar-refractivity contribution in [2.75, 3.05) is 0 Å². The summed E-state index contributed by atoms with van der Waals surface area (Å²) >= 11 is 0. The van der Waals surface area contributed by atoms with E-state index in [1.54, 1.807) is 12.3 Å². The molecule has 1 aromatic carbocycles. The van der Waals surface area contributed by atoms with E-state index in [2.05, 4.69) is 38.0 Å². The zero-order valence-corrected chi connectivity index (χ0v) is 13.2. The van der Waals surface area contributed by atoms with Gasteiger partial charge in [-0.3, -0.25) is 10.2 Å². The first-order valence-corrected chi connectivity index (χ1v) is 7.24. The third-order valence-corrected chi connectivity index (χ3v) is 3.89. The summed E-state index contributed by atoms with van der Waals surface area (Å²) in [7, 11) is 0. The number of hydrogen-bond donors (Lipinski definition) is 2. The van der Waals surface area contributed by atoms with Crippen LogP contribution in [0.5, 0.6) is 5.75 Å². The molecule has 0 radical (unpaired) electrons. The molecule has 0 fully saturated rings. The van der Waals surface area contributed by atoms with Crippen molar-refractivity contribution >= 4 is 5.91 Å². The average Bonchev–Trinajstić information content (AvgIpc) is 3.01. The monoisotopic (exact) mass is 302 g/mol. The molecule has 0 spiro atoms. The molecule has 2 aromatic rings. The molecule has 0 aliphatic heterocycles. The van der Waals surface area contributed by atoms with Gasteiger partial charge in [0.25, 0.3) is 5.91 Å². The molecule has 6 nitrogen and oxygen atoms in total. The largest absolute Gasteiger partial charge is 0.471 e. The number of amides is 1. The Morgan fingerprint density at radius 3 is 2.59 bits per heavy atom. The highest BCUT2D eigenvalue weighted by atomic mass is 16.5. The third-order valence-electron chi connectivity index (χ3n) is 3.89. The number of hydrazine groups is 1. The number of carbonyl (C=O) groups excluding carboxylic acids is 1. The van der Waals surface area contributed by atoms with E-state index in [-0.39, 0.29) is 17.8 Å². The van der Waals surface area contributed by atoms with Gasteiger partial charge in [-0.25, -0.2) is 10.5 Å². The molecule has 0 bridgehead atoms. The molecular weight excluding hydrogens is 280 g/mol. The Bertz CT molecular complexity index is 632. The first kappa shape index (κ1) is 16.0. The molecular formula is C16H22N4O2. The minimum atomic E-state index is -0.426. The van der Waals surface area contributed by atoms with Gasteiger partial charge in [-0.1, -0.05) is 32.9 Å². The molecule has 0 saturated carbocycles. The van der Waals surface area contributed by atoms with E-state index in [9.17, 15) is 4.79 Å². The predicted octanol–water partition coefficient (Wildman–Crippen LogP) is 2.21. The summed E-state index contributed by atoms with van der Waals surface area (Å²) in [6.45, 7) is 6.85. The molecule has 1 heterocycles. The molecule has 1 aromatic heterocycles. The average molecular weight is 302 g/mol. The number of hydrogen-bond acceptors (Lipinski definition) is 4. The van der Waals surface area contributed by atoms with E-state index in [1.165, 1.54) is 10.2 Å². The molecule has 1 amide bonds. The summed E-state index contributed by atoms with van der Waals surface area (Å²) in [6, 6.07) is 9.64. The highest BCUT2D eigenvalue weighted by Gasteiger charge is 2.17. The second-order valence-electron chi connectivity index (χ2n) is 5.75. The Labute approximate surface area is 130 Å². The highest BCUT2D eigenvalue weighted by molar-refractivity contribution is 5.91. The molecule has 118 valence electrons. The molecule has 0 saturated heterocycles. The molecule has 0 aliphatic carbocycles. The Balaban J connectivity index is 1.97. The van der Waals surface area contributed by atoms with Gasteiger partial charge in [0.05, 0.1) is 0 Å². The van der Waals surface area contributed by atoms with Crippen LogP contribution in [0, 0.1) is 0 Å². The Kier molecular flexibility index (Phi) is 4.82. The fourth-order valence-corrected chi connectivity index (χ4v) is 1.98. The van der Waals surface area contributed by atoms with Crippen LogP contribution in [0.3, 0.4) is 0 Å². The van der Waals surface area contributed by atoms with Gasteiger partial charge in [-0.15, -0.1) is 0 Å². The van der Waals surface area contributed by atoms with Crippen LogP contribution in [0.15, 0.2) is 36.5 Å². The molecule has 0 unspecified atom stereocenters. The lowest BCUT2D eigenvalue weighted by molar-refractivity contribution is 0.0946. The van der Waals surface area contributed by atoms with E-state index in [0.29, 0.717) is 0 Å². The lowest BCUT2D eigenvalue weighted by Crippen LogP contribution is -2.30. The molecule has 22 heavy (non-hydrogen) atoms. The van der Waals surface area contributed by atoms with Gasteiger partial charge in [0.2, 0.25) is 0 Å². The Morgan fingerprint density at radius 1 is 1.32 bits per heavy atom. The van der Waals surface area contributed by atoms with Crippen LogP contribution in [0.2, 0.25) is 0 Å². The summed E-state index contributed by atoms with van der Waals surface area (Å²) in [4.78, 5) is 11.3. The molecule has 0 atom stereocenters. The number of nitrogens with zero attached hydrogens (tertiary/aromatic N) is 2. The van der Waals surface area contributed by atoms with Crippen molar-refractivity contribution in [1.82, 2.24) is 15.2 Å². The van der Waals surface area contributed by atoms with Crippen molar-refractivity contribution in [2.45, 2.75) is 39.3 Å². The quantitative estimate of drug-likeness (QED) is 0.487.